The van der Waals surface area contributed by atoms with Gasteiger partial charge in [-0.2, -0.15) is 0 Å². The maximum atomic E-state index is 2.53. The summed E-state index contributed by atoms with van der Waals surface area (Å²) in [5.41, 5.74) is 10.8. The zero-order chi connectivity index (χ0) is 25.9. The lowest BCUT2D eigenvalue weighted by molar-refractivity contribution is 0.664. The monoisotopic (exact) mass is 582 g/mol. The lowest BCUT2D eigenvalue weighted by atomic mass is 9.79. The third kappa shape index (κ3) is 2.61. The molecule has 0 amide bonds. The molecule has 0 aliphatic heterocycles. The van der Waals surface area contributed by atoms with Gasteiger partial charge < -0.3 is 0 Å². The van der Waals surface area contributed by atoms with Gasteiger partial charge in [0.2, 0.25) is 0 Å². The zero-order valence-corrected chi connectivity index (χ0v) is 26.3. The predicted molar refractivity (Wildman–Crippen MR) is 172 cm³/mol. The second kappa shape index (κ2) is 7.00. The van der Waals surface area contributed by atoms with Gasteiger partial charge in [0.1, 0.15) is 0 Å². The van der Waals surface area contributed by atoms with Crippen molar-refractivity contribution >= 4 is 66.8 Å². The van der Waals surface area contributed by atoms with Gasteiger partial charge in [-0.1, -0.05) is 39.8 Å². The molecule has 0 saturated carbocycles. The van der Waals surface area contributed by atoms with Crippen LogP contribution in [0.1, 0.15) is 70.8 Å². The van der Waals surface area contributed by atoms with E-state index in [9.17, 15) is 0 Å². The third-order valence-corrected chi connectivity index (χ3v) is 15.3. The van der Waals surface area contributed by atoms with E-state index in [0.29, 0.717) is 0 Å². The molecular formula is C33H26S5. The lowest BCUT2D eigenvalue weighted by Crippen LogP contribution is -2.16. The van der Waals surface area contributed by atoms with Crippen LogP contribution in [0, 0.1) is 13.8 Å². The van der Waals surface area contributed by atoms with Gasteiger partial charge in [0.15, 0.2) is 0 Å². The first-order chi connectivity index (χ1) is 18.1. The van der Waals surface area contributed by atoms with E-state index in [-0.39, 0.29) is 10.8 Å². The lowest BCUT2D eigenvalue weighted by Gasteiger charge is -2.23. The molecule has 38 heavy (non-hydrogen) atoms. The highest BCUT2D eigenvalue weighted by Gasteiger charge is 2.44. The normalized spacial score (nSPS) is 17.0. The summed E-state index contributed by atoms with van der Waals surface area (Å²) in [4.78, 5) is 13.3. The largest absolute Gasteiger partial charge is 0.140 e. The molecule has 0 bridgehead atoms. The molecule has 9 rings (SSSR count). The van der Waals surface area contributed by atoms with E-state index < -0.39 is 0 Å². The third-order valence-electron chi connectivity index (χ3n) is 9.06. The fourth-order valence-corrected chi connectivity index (χ4v) is 14.1. The second-order valence-corrected chi connectivity index (χ2v) is 17.9. The van der Waals surface area contributed by atoms with Crippen molar-refractivity contribution in [3.05, 3.63) is 79.5 Å². The summed E-state index contributed by atoms with van der Waals surface area (Å²) in [5, 5.41) is 1.48. The van der Waals surface area contributed by atoms with Crippen LogP contribution in [-0.4, -0.2) is 0 Å². The van der Waals surface area contributed by atoms with E-state index in [4.69, 9.17) is 0 Å². The van der Waals surface area contributed by atoms with Crippen molar-refractivity contribution in [2.75, 3.05) is 0 Å². The fraction of sp³-hybridized carbons (Fsp3) is 0.273. The molecule has 188 valence electrons. The molecule has 0 atom stereocenters. The van der Waals surface area contributed by atoms with Crippen molar-refractivity contribution in [3.8, 4) is 39.7 Å². The summed E-state index contributed by atoms with van der Waals surface area (Å²) in [6.45, 7) is 14.3. The molecule has 5 heteroatoms. The number of fused-ring (bicyclic) bond motifs is 12. The minimum absolute atomic E-state index is 0.0219. The number of hydrogen-bond acceptors (Lipinski definition) is 5. The molecule has 0 fully saturated rings. The van der Waals surface area contributed by atoms with Crippen molar-refractivity contribution in [2.24, 2.45) is 0 Å². The number of aryl methyl sites for hydroxylation is 2. The van der Waals surface area contributed by atoms with Crippen LogP contribution in [0.4, 0.5) is 0 Å². The van der Waals surface area contributed by atoms with Crippen LogP contribution in [-0.2, 0) is 17.3 Å². The summed E-state index contributed by atoms with van der Waals surface area (Å²) >= 11 is 10.0. The predicted octanol–water partition coefficient (Wildman–Crippen LogP) is 11.6. The summed E-state index contributed by atoms with van der Waals surface area (Å²) in [6, 6.07) is 14.7. The molecule has 0 nitrogen and oxygen atoms in total. The Morgan fingerprint density at radius 3 is 2.05 bits per heavy atom. The smallest absolute Gasteiger partial charge is 0.0499 e. The van der Waals surface area contributed by atoms with E-state index >= 15 is 0 Å². The Balaban J connectivity index is 1.22. The molecular weight excluding hydrogens is 557 g/mol. The standard InChI is InChI=1S/C33H26S5/c1-14-9-16-11-17-12-22(36-27(17)26(16)34-14)23-13-21-30(37-23)31-25(33(21,5)6)19-8-7-18-24(29(19)38-31)32(3,4)20-10-15(2)35-28(18)20/h7-10,12-13H,11H2,1-6H3. The van der Waals surface area contributed by atoms with Crippen LogP contribution in [0.15, 0.2) is 36.4 Å². The van der Waals surface area contributed by atoms with E-state index in [1.54, 1.807) is 11.1 Å². The van der Waals surface area contributed by atoms with Gasteiger partial charge in [-0.3, -0.25) is 0 Å². The molecule has 6 aromatic rings. The minimum Gasteiger partial charge on any atom is -0.140 e. The number of thiophene rings is 5. The first kappa shape index (κ1) is 22.8. The van der Waals surface area contributed by atoms with Gasteiger partial charge in [-0.25, -0.2) is 0 Å². The Labute approximate surface area is 243 Å². The topological polar surface area (TPSA) is 0 Å². The Morgan fingerprint density at radius 1 is 0.579 bits per heavy atom. The Morgan fingerprint density at radius 2 is 1.21 bits per heavy atom. The fourth-order valence-electron chi connectivity index (χ4n) is 7.31. The average Bonchev–Trinajstić information content (AvgIpc) is 3.66. The van der Waals surface area contributed by atoms with Gasteiger partial charge >= 0.3 is 0 Å². The maximum absolute atomic E-state index is 2.53. The molecule has 5 heterocycles. The van der Waals surface area contributed by atoms with Crippen molar-refractivity contribution in [3.63, 3.8) is 0 Å². The highest BCUT2D eigenvalue weighted by Crippen LogP contribution is 2.63. The SMILES string of the molecule is Cc1cc2c(s1)-c1sc(-c3cc4c(s3)-c3sc5c6c(ccc5c3C4(C)C)-c3sc(C)cc3C6(C)C)cc1C2. The first-order valence-corrected chi connectivity index (χ1v) is 17.3. The second-order valence-electron chi connectivity index (χ2n) is 12.2. The zero-order valence-electron chi connectivity index (χ0n) is 22.2. The molecule has 0 radical (unpaired) electrons. The van der Waals surface area contributed by atoms with Crippen LogP contribution in [0.25, 0.3) is 49.8 Å². The summed E-state index contributed by atoms with van der Waals surface area (Å²) in [7, 11) is 0. The van der Waals surface area contributed by atoms with Crippen LogP contribution in [0.2, 0.25) is 0 Å². The Hall–Kier alpha value is -2.02. The molecule has 0 spiro atoms. The highest BCUT2D eigenvalue weighted by atomic mass is 32.1. The van der Waals surface area contributed by atoms with E-state index in [1.807, 2.05) is 45.3 Å². The molecule has 0 unspecified atom stereocenters. The quantitative estimate of drug-likeness (QED) is 0.181. The summed E-state index contributed by atoms with van der Waals surface area (Å²) < 4.78 is 1.52. The summed E-state index contributed by atoms with van der Waals surface area (Å²) in [5.74, 6) is 0. The van der Waals surface area contributed by atoms with Gasteiger partial charge in [0.25, 0.3) is 0 Å². The molecule has 0 N–H and O–H groups in total. The average molecular weight is 583 g/mol. The van der Waals surface area contributed by atoms with Crippen molar-refractivity contribution in [2.45, 2.75) is 58.8 Å². The Bertz CT molecular complexity index is 2020. The first-order valence-electron chi connectivity index (χ1n) is 13.2. The van der Waals surface area contributed by atoms with E-state index in [2.05, 4.69) is 89.3 Å². The van der Waals surface area contributed by atoms with Gasteiger partial charge in [-0.05, 0) is 82.4 Å². The van der Waals surface area contributed by atoms with Crippen LogP contribution in [0.3, 0.4) is 0 Å². The van der Waals surface area contributed by atoms with Crippen molar-refractivity contribution in [1.82, 2.24) is 0 Å². The molecule has 3 aliphatic rings. The number of benzene rings is 1. The highest BCUT2D eigenvalue weighted by molar-refractivity contribution is 7.30. The van der Waals surface area contributed by atoms with Crippen LogP contribution in [0.5, 0.6) is 0 Å². The van der Waals surface area contributed by atoms with Crippen molar-refractivity contribution in [1.29, 1.82) is 0 Å². The van der Waals surface area contributed by atoms with Gasteiger partial charge in [-0.15, -0.1) is 56.7 Å². The summed E-state index contributed by atoms with van der Waals surface area (Å²) in [6.07, 6.45) is 1.11. The number of hydrogen-bond donors (Lipinski definition) is 0. The van der Waals surface area contributed by atoms with Crippen LogP contribution < -0.4 is 0 Å². The molecule has 1 aromatic carbocycles. The van der Waals surface area contributed by atoms with E-state index in [1.165, 1.54) is 81.8 Å². The molecule has 0 saturated heterocycles. The molecule has 5 aromatic heterocycles. The van der Waals surface area contributed by atoms with Crippen molar-refractivity contribution < 1.29 is 0 Å². The maximum Gasteiger partial charge on any atom is 0.0499 e. The van der Waals surface area contributed by atoms with Crippen LogP contribution >= 0.6 is 56.7 Å². The Kier molecular flexibility index (Phi) is 4.19. The van der Waals surface area contributed by atoms with Gasteiger partial charge in [0.05, 0.1) is 0 Å². The number of rotatable bonds is 1. The van der Waals surface area contributed by atoms with Gasteiger partial charge in [0, 0.05) is 65.8 Å². The minimum atomic E-state index is 0.0219. The molecule has 3 aliphatic carbocycles. The van der Waals surface area contributed by atoms with E-state index in [0.717, 1.165) is 6.42 Å².